The van der Waals surface area contributed by atoms with Crippen molar-refractivity contribution in [3.63, 3.8) is 0 Å². The van der Waals surface area contributed by atoms with Gasteiger partial charge < -0.3 is 24.4 Å². The number of rotatable bonds is 11. The Hall–Kier alpha value is -4.63. The van der Waals surface area contributed by atoms with Crippen molar-refractivity contribution in [2.75, 3.05) is 33.3 Å². The van der Waals surface area contributed by atoms with Crippen molar-refractivity contribution in [1.29, 1.82) is 0 Å². The number of aliphatic hydroxyl groups is 1. The lowest BCUT2D eigenvalue weighted by atomic mass is 9.96. The van der Waals surface area contributed by atoms with Crippen LogP contribution in [-0.2, 0) is 16.2 Å². The Labute approximate surface area is 245 Å². The van der Waals surface area contributed by atoms with E-state index in [2.05, 4.69) is 23.7 Å². The maximum absolute atomic E-state index is 13.6. The molecule has 1 N–H and O–H groups in total. The number of nitrogens with zero attached hydrogens (tertiary/aromatic N) is 4. The number of carbonyl (C=O) groups excluding carboxylic acids is 2. The van der Waals surface area contributed by atoms with Crippen molar-refractivity contribution in [2.45, 2.75) is 33.4 Å². The second-order valence-electron chi connectivity index (χ2n) is 10.2. The lowest BCUT2D eigenvalue weighted by molar-refractivity contribution is -0.140. The standard InChI is InChI=1S/C33H36N4O5/c1-5-35(6-2)18-19-37-30(24-15-16-25(26(20-24)41-4)42-21-23-12-8-7-9-13-23)28(32(39)33(37)40)31(38)29-22(3)34-27-14-10-11-17-36(27)29/h7-17,20,30,38H,5-6,18-19,21H2,1-4H3/b31-28+. The molecule has 9 heteroatoms. The van der Waals surface area contributed by atoms with E-state index in [1.165, 1.54) is 0 Å². The van der Waals surface area contributed by atoms with Gasteiger partial charge in [-0.25, -0.2) is 4.98 Å². The molecule has 9 nitrogen and oxygen atoms in total. The smallest absolute Gasteiger partial charge is 0.295 e. The highest BCUT2D eigenvalue weighted by atomic mass is 16.5. The number of amides is 1. The van der Waals surface area contributed by atoms with Crippen LogP contribution in [0.15, 0.2) is 78.5 Å². The molecule has 3 heterocycles. The Balaban J connectivity index is 1.60. The minimum Gasteiger partial charge on any atom is -0.505 e. The van der Waals surface area contributed by atoms with Crippen LogP contribution in [0.2, 0.25) is 0 Å². The van der Waals surface area contributed by atoms with Crippen LogP contribution in [0.1, 0.15) is 42.4 Å². The summed E-state index contributed by atoms with van der Waals surface area (Å²) in [4.78, 5) is 35.4. The Kier molecular flexibility index (Phi) is 8.59. The molecule has 218 valence electrons. The second-order valence-corrected chi connectivity index (χ2v) is 10.2. The average molecular weight is 569 g/mol. The number of imidazole rings is 1. The zero-order valence-corrected chi connectivity index (χ0v) is 24.4. The first-order valence-electron chi connectivity index (χ1n) is 14.2. The molecule has 0 bridgehead atoms. The van der Waals surface area contributed by atoms with Crippen LogP contribution >= 0.6 is 0 Å². The number of Topliss-reactive ketones (excluding diaryl/α,β-unsaturated/α-hetero) is 1. The van der Waals surface area contributed by atoms with Gasteiger partial charge in [0, 0.05) is 19.3 Å². The SMILES string of the molecule is CCN(CC)CCN1C(=O)C(=O)/C(=C(/O)c2c(C)nc3ccccn23)C1c1ccc(OCc2ccccc2)c(OC)c1. The van der Waals surface area contributed by atoms with E-state index < -0.39 is 17.7 Å². The number of hydrogen-bond donors (Lipinski definition) is 1. The van der Waals surface area contributed by atoms with Gasteiger partial charge in [-0.2, -0.15) is 0 Å². The summed E-state index contributed by atoms with van der Waals surface area (Å²) in [5.74, 6) is -0.649. The third-order valence-corrected chi connectivity index (χ3v) is 7.76. The number of likely N-dealkylation sites (N-methyl/N-ethyl adjacent to an activating group) is 1. The summed E-state index contributed by atoms with van der Waals surface area (Å²) in [5, 5.41) is 11.7. The quantitative estimate of drug-likeness (QED) is 0.155. The van der Waals surface area contributed by atoms with Gasteiger partial charge in [-0.1, -0.05) is 56.3 Å². The van der Waals surface area contributed by atoms with Crippen LogP contribution < -0.4 is 9.47 Å². The maximum Gasteiger partial charge on any atom is 0.295 e. The van der Waals surface area contributed by atoms with Crippen molar-refractivity contribution in [1.82, 2.24) is 19.2 Å². The first kappa shape index (κ1) is 28.9. The van der Waals surface area contributed by atoms with Gasteiger partial charge in [0.15, 0.2) is 17.3 Å². The fourth-order valence-corrected chi connectivity index (χ4v) is 5.48. The van der Waals surface area contributed by atoms with Crippen LogP contribution in [0, 0.1) is 6.92 Å². The number of ether oxygens (including phenoxy) is 2. The molecular weight excluding hydrogens is 532 g/mol. The molecule has 5 rings (SSSR count). The number of fused-ring (bicyclic) bond motifs is 1. The first-order valence-corrected chi connectivity index (χ1v) is 14.2. The molecular formula is C33H36N4O5. The van der Waals surface area contributed by atoms with Gasteiger partial charge in [-0.3, -0.25) is 14.0 Å². The minimum absolute atomic E-state index is 0.0216. The number of hydrogen-bond acceptors (Lipinski definition) is 7. The molecule has 1 aliphatic heterocycles. The van der Waals surface area contributed by atoms with Crippen molar-refractivity contribution < 1.29 is 24.2 Å². The third kappa shape index (κ3) is 5.47. The molecule has 1 atom stereocenters. The zero-order chi connectivity index (χ0) is 29.8. The van der Waals surface area contributed by atoms with Crippen LogP contribution in [-0.4, -0.2) is 69.3 Å². The molecule has 1 unspecified atom stereocenters. The van der Waals surface area contributed by atoms with Gasteiger partial charge in [-0.05, 0) is 55.4 Å². The minimum atomic E-state index is -0.828. The monoisotopic (exact) mass is 568 g/mol. The number of likely N-dealkylation sites (tertiary alicyclic amines) is 1. The van der Waals surface area contributed by atoms with Crippen LogP contribution in [0.3, 0.4) is 0 Å². The lowest BCUT2D eigenvalue weighted by Crippen LogP contribution is -2.38. The summed E-state index contributed by atoms with van der Waals surface area (Å²) in [6, 6.07) is 19.8. The van der Waals surface area contributed by atoms with Gasteiger partial charge >= 0.3 is 0 Å². The third-order valence-electron chi connectivity index (χ3n) is 7.76. The number of aromatic nitrogens is 2. The summed E-state index contributed by atoms with van der Waals surface area (Å²) in [6.45, 7) is 8.76. The number of aryl methyl sites for hydroxylation is 1. The molecule has 4 aromatic rings. The number of carbonyl (C=O) groups is 2. The van der Waals surface area contributed by atoms with Crippen LogP contribution in [0.5, 0.6) is 11.5 Å². The van der Waals surface area contributed by atoms with Gasteiger partial charge in [0.1, 0.15) is 17.9 Å². The molecule has 0 saturated carbocycles. The Bertz CT molecular complexity index is 1620. The molecule has 2 aromatic carbocycles. The van der Waals surface area contributed by atoms with Gasteiger partial charge in [0.2, 0.25) is 0 Å². The molecule has 0 spiro atoms. The average Bonchev–Trinajstić information content (AvgIpc) is 3.48. The molecule has 0 aliphatic carbocycles. The highest BCUT2D eigenvalue weighted by Crippen LogP contribution is 2.42. The van der Waals surface area contributed by atoms with Crippen LogP contribution in [0.4, 0.5) is 0 Å². The topological polar surface area (TPSA) is 96.6 Å². The molecule has 0 radical (unpaired) electrons. The Morgan fingerprint density at radius 3 is 2.45 bits per heavy atom. The molecule has 42 heavy (non-hydrogen) atoms. The van der Waals surface area contributed by atoms with Gasteiger partial charge in [-0.15, -0.1) is 0 Å². The zero-order valence-electron chi connectivity index (χ0n) is 24.4. The highest BCUT2D eigenvalue weighted by Gasteiger charge is 2.46. The molecule has 2 aromatic heterocycles. The van der Waals surface area contributed by atoms with Crippen molar-refractivity contribution in [3.8, 4) is 11.5 Å². The summed E-state index contributed by atoms with van der Waals surface area (Å²) in [5.41, 5.74) is 3.22. The Morgan fingerprint density at radius 1 is 1.00 bits per heavy atom. The number of aliphatic hydroxyl groups excluding tert-OH is 1. The van der Waals surface area contributed by atoms with Crippen molar-refractivity contribution in [2.24, 2.45) is 0 Å². The predicted octanol–water partition coefficient (Wildman–Crippen LogP) is 4.99. The fraction of sp³-hybridized carbons (Fsp3) is 0.303. The number of benzene rings is 2. The van der Waals surface area contributed by atoms with Crippen LogP contribution in [0.25, 0.3) is 11.4 Å². The van der Waals surface area contributed by atoms with E-state index in [1.807, 2.05) is 54.6 Å². The largest absolute Gasteiger partial charge is 0.505 e. The summed E-state index contributed by atoms with van der Waals surface area (Å²) in [6.07, 6.45) is 1.78. The molecule has 1 saturated heterocycles. The fourth-order valence-electron chi connectivity index (χ4n) is 5.48. The maximum atomic E-state index is 13.6. The second kappa shape index (κ2) is 12.5. The van der Waals surface area contributed by atoms with E-state index >= 15 is 0 Å². The van der Waals surface area contributed by atoms with E-state index in [-0.39, 0.29) is 11.3 Å². The number of pyridine rings is 1. The predicted molar refractivity (Wildman–Crippen MR) is 160 cm³/mol. The molecule has 1 aliphatic rings. The molecule has 1 amide bonds. The molecule has 1 fully saturated rings. The van der Waals surface area contributed by atoms with E-state index in [1.54, 1.807) is 41.7 Å². The highest BCUT2D eigenvalue weighted by molar-refractivity contribution is 6.46. The lowest BCUT2D eigenvalue weighted by Gasteiger charge is -2.28. The van der Waals surface area contributed by atoms with Crippen molar-refractivity contribution in [3.05, 3.63) is 101 Å². The summed E-state index contributed by atoms with van der Waals surface area (Å²) >= 11 is 0. The van der Waals surface area contributed by atoms with E-state index in [4.69, 9.17) is 9.47 Å². The number of methoxy groups -OCH3 is 1. The summed E-state index contributed by atoms with van der Waals surface area (Å²) < 4.78 is 13.5. The van der Waals surface area contributed by atoms with Gasteiger partial charge in [0.25, 0.3) is 11.7 Å². The van der Waals surface area contributed by atoms with E-state index in [9.17, 15) is 14.7 Å². The van der Waals surface area contributed by atoms with E-state index in [0.717, 1.165) is 18.7 Å². The Morgan fingerprint density at radius 2 is 1.74 bits per heavy atom. The summed E-state index contributed by atoms with van der Waals surface area (Å²) in [7, 11) is 1.55. The first-order chi connectivity index (χ1) is 20.4. The van der Waals surface area contributed by atoms with Crippen molar-refractivity contribution >= 4 is 23.1 Å². The van der Waals surface area contributed by atoms with E-state index in [0.29, 0.717) is 53.8 Å². The number of ketones is 1. The normalized spacial score (nSPS) is 16.5. The van der Waals surface area contributed by atoms with Gasteiger partial charge in [0.05, 0.1) is 24.4 Å².